The van der Waals surface area contributed by atoms with Gasteiger partial charge in [0.15, 0.2) is 0 Å². The smallest absolute Gasteiger partial charge is 0.303 e. The molecule has 2 atom stereocenters. The van der Waals surface area contributed by atoms with Crippen LogP contribution in [0.15, 0.2) is 71.3 Å². The number of carboxylic acids is 1. The predicted octanol–water partition coefficient (Wildman–Crippen LogP) is 4.67. The average Bonchev–Trinajstić information content (AvgIpc) is 3.14. The minimum Gasteiger partial charge on any atom is -0.481 e. The van der Waals surface area contributed by atoms with E-state index in [1.807, 2.05) is 48.5 Å². The molecule has 4 rings (SSSR count). The van der Waals surface area contributed by atoms with E-state index in [9.17, 15) is 9.59 Å². The molecule has 1 aliphatic heterocycles. The summed E-state index contributed by atoms with van der Waals surface area (Å²) in [5, 5.41) is 15.3. The summed E-state index contributed by atoms with van der Waals surface area (Å²) in [6.07, 6.45) is 4.89. The highest BCUT2D eigenvalue weighted by Gasteiger charge is 2.43. The molecule has 1 amide bonds. The minimum absolute atomic E-state index is 0.0418. The fourth-order valence-corrected chi connectivity index (χ4v) is 4.27. The molecule has 0 unspecified atom stereocenters. The zero-order valence-corrected chi connectivity index (χ0v) is 16.2. The van der Waals surface area contributed by atoms with Gasteiger partial charge in [-0.05, 0) is 42.0 Å². The van der Waals surface area contributed by atoms with Gasteiger partial charge in [0, 0.05) is 12.3 Å². The summed E-state index contributed by atoms with van der Waals surface area (Å²) in [5.41, 5.74) is 4.30. The van der Waals surface area contributed by atoms with Gasteiger partial charge in [0.05, 0.1) is 18.2 Å². The number of carboxylic acid groups (broad SMARTS) is 1. The van der Waals surface area contributed by atoms with Crippen LogP contribution in [0.3, 0.4) is 0 Å². The van der Waals surface area contributed by atoms with Crippen molar-refractivity contribution in [3.8, 4) is 0 Å². The van der Waals surface area contributed by atoms with Crippen LogP contribution in [-0.4, -0.2) is 27.7 Å². The van der Waals surface area contributed by atoms with Crippen LogP contribution in [-0.2, 0) is 9.59 Å². The van der Waals surface area contributed by atoms with Crippen molar-refractivity contribution in [2.45, 2.75) is 38.1 Å². The molecule has 5 heteroatoms. The molecule has 2 aromatic rings. The SMILES string of the molecule is O=C(O)CCC(=O)N1N=C2/C(=C/c3ccccc3)CCC[C@@H]2[C@H]1c1ccccc1. The van der Waals surface area contributed by atoms with Gasteiger partial charge in [-0.1, -0.05) is 60.7 Å². The van der Waals surface area contributed by atoms with Crippen LogP contribution in [0.1, 0.15) is 49.3 Å². The molecule has 1 fully saturated rings. The number of rotatable bonds is 5. The average molecular weight is 388 g/mol. The summed E-state index contributed by atoms with van der Waals surface area (Å²) in [7, 11) is 0. The normalized spacial score (nSPS) is 22.3. The Balaban J connectivity index is 1.70. The first-order chi connectivity index (χ1) is 14.1. The number of carbonyl (C=O) groups is 2. The molecular weight excluding hydrogens is 364 g/mol. The summed E-state index contributed by atoms with van der Waals surface area (Å²) in [4.78, 5) is 23.8. The monoisotopic (exact) mass is 388 g/mol. The first-order valence-electron chi connectivity index (χ1n) is 10.1. The molecule has 0 aromatic heterocycles. The minimum atomic E-state index is -0.969. The molecule has 2 aliphatic rings. The molecule has 2 aromatic carbocycles. The van der Waals surface area contributed by atoms with Crippen molar-refractivity contribution in [3.05, 3.63) is 77.4 Å². The number of hydrogen-bond acceptors (Lipinski definition) is 3. The molecule has 1 saturated carbocycles. The number of hydrazone groups is 1. The number of hydrogen-bond donors (Lipinski definition) is 1. The van der Waals surface area contributed by atoms with E-state index >= 15 is 0 Å². The van der Waals surface area contributed by atoms with Crippen LogP contribution in [0.5, 0.6) is 0 Å². The molecule has 1 heterocycles. The van der Waals surface area contributed by atoms with Gasteiger partial charge in [-0.25, -0.2) is 5.01 Å². The zero-order valence-electron chi connectivity index (χ0n) is 16.2. The number of nitrogens with zero attached hydrogens (tertiary/aromatic N) is 2. The van der Waals surface area contributed by atoms with Crippen molar-refractivity contribution in [2.24, 2.45) is 11.0 Å². The molecule has 29 heavy (non-hydrogen) atoms. The molecule has 0 radical (unpaired) electrons. The highest BCUT2D eigenvalue weighted by Crippen LogP contribution is 2.44. The summed E-state index contributed by atoms with van der Waals surface area (Å²) in [6.45, 7) is 0. The molecular formula is C24H24N2O3. The second-order valence-electron chi connectivity index (χ2n) is 7.55. The van der Waals surface area contributed by atoms with E-state index < -0.39 is 5.97 Å². The molecule has 5 nitrogen and oxygen atoms in total. The van der Waals surface area contributed by atoms with Gasteiger partial charge in [-0.2, -0.15) is 5.10 Å². The second kappa shape index (κ2) is 8.43. The highest BCUT2D eigenvalue weighted by molar-refractivity contribution is 6.08. The summed E-state index contributed by atoms with van der Waals surface area (Å²) >= 11 is 0. The number of fused-ring (bicyclic) bond motifs is 1. The van der Waals surface area contributed by atoms with Gasteiger partial charge in [0.1, 0.15) is 0 Å². The van der Waals surface area contributed by atoms with Gasteiger partial charge in [0.2, 0.25) is 5.91 Å². The quantitative estimate of drug-likeness (QED) is 0.809. The highest BCUT2D eigenvalue weighted by atomic mass is 16.4. The Kier molecular flexibility index (Phi) is 5.56. The fourth-order valence-electron chi connectivity index (χ4n) is 4.27. The summed E-state index contributed by atoms with van der Waals surface area (Å²) in [5.74, 6) is -1.07. The van der Waals surface area contributed by atoms with E-state index in [-0.39, 0.29) is 30.7 Å². The maximum Gasteiger partial charge on any atom is 0.303 e. The van der Waals surface area contributed by atoms with Gasteiger partial charge >= 0.3 is 5.97 Å². The van der Waals surface area contributed by atoms with E-state index in [4.69, 9.17) is 10.2 Å². The lowest BCUT2D eigenvalue weighted by Crippen LogP contribution is -2.32. The van der Waals surface area contributed by atoms with Crippen LogP contribution in [0.2, 0.25) is 0 Å². The Morgan fingerprint density at radius 3 is 2.41 bits per heavy atom. The van der Waals surface area contributed by atoms with Crippen molar-refractivity contribution in [2.75, 3.05) is 0 Å². The van der Waals surface area contributed by atoms with Crippen molar-refractivity contribution >= 4 is 23.7 Å². The van der Waals surface area contributed by atoms with Gasteiger partial charge in [-0.3, -0.25) is 9.59 Å². The first-order valence-corrected chi connectivity index (χ1v) is 10.1. The van der Waals surface area contributed by atoms with Crippen LogP contribution in [0.4, 0.5) is 0 Å². The molecule has 0 saturated heterocycles. The molecule has 1 aliphatic carbocycles. The van der Waals surface area contributed by atoms with Crippen LogP contribution < -0.4 is 0 Å². The van der Waals surface area contributed by atoms with E-state index in [1.54, 1.807) is 5.01 Å². The molecule has 0 spiro atoms. The van der Waals surface area contributed by atoms with Crippen LogP contribution in [0, 0.1) is 5.92 Å². The summed E-state index contributed by atoms with van der Waals surface area (Å²) < 4.78 is 0. The Bertz CT molecular complexity index is 951. The van der Waals surface area contributed by atoms with Gasteiger partial charge < -0.3 is 5.11 Å². The Labute approximate surface area is 170 Å². The van der Waals surface area contributed by atoms with E-state index in [0.29, 0.717) is 0 Å². The van der Waals surface area contributed by atoms with Crippen molar-refractivity contribution in [3.63, 3.8) is 0 Å². The van der Waals surface area contributed by atoms with E-state index in [2.05, 4.69) is 18.2 Å². The number of benzene rings is 2. The fraction of sp³-hybridized carbons (Fsp3) is 0.292. The number of aliphatic carboxylic acids is 1. The maximum absolute atomic E-state index is 12.9. The van der Waals surface area contributed by atoms with Crippen molar-refractivity contribution in [1.29, 1.82) is 0 Å². The topological polar surface area (TPSA) is 70.0 Å². The van der Waals surface area contributed by atoms with E-state index in [0.717, 1.165) is 36.1 Å². The third-order valence-corrected chi connectivity index (χ3v) is 5.59. The second-order valence-corrected chi connectivity index (χ2v) is 7.55. The number of allylic oxidation sites excluding steroid dienone is 1. The lowest BCUT2D eigenvalue weighted by molar-refractivity contribution is -0.141. The molecule has 1 N–H and O–H groups in total. The van der Waals surface area contributed by atoms with Crippen molar-refractivity contribution < 1.29 is 14.7 Å². The molecule has 148 valence electrons. The first kappa shape index (κ1) is 19.1. The lowest BCUT2D eigenvalue weighted by atomic mass is 9.77. The Morgan fingerprint density at radius 1 is 1.03 bits per heavy atom. The summed E-state index contributed by atoms with van der Waals surface area (Å²) in [6, 6.07) is 19.9. The standard InChI is InChI=1S/C24H24N2O3/c27-21(14-15-22(28)29)26-24(18-10-5-2-6-11-18)20-13-7-12-19(23(20)25-26)16-17-8-3-1-4-9-17/h1-6,8-11,16,20,24H,7,12-15H2,(H,28,29)/b19-16+/t20-,24+/m0/s1. The van der Waals surface area contributed by atoms with Gasteiger partial charge in [0.25, 0.3) is 0 Å². The number of amides is 1. The van der Waals surface area contributed by atoms with Crippen LogP contribution in [0.25, 0.3) is 6.08 Å². The predicted molar refractivity (Wildman–Crippen MR) is 112 cm³/mol. The largest absolute Gasteiger partial charge is 0.481 e. The third kappa shape index (κ3) is 4.14. The lowest BCUT2D eigenvalue weighted by Gasteiger charge is -2.29. The Hall–Kier alpha value is -3.21. The van der Waals surface area contributed by atoms with Crippen molar-refractivity contribution in [1.82, 2.24) is 5.01 Å². The van der Waals surface area contributed by atoms with Crippen LogP contribution >= 0.6 is 0 Å². The maximum atomic E-state index is 12.9. The Morgan fingerprint density at radius 2 is 1.72 bits per heavy atom. The van der Waals surface area contributed by atoms with Gasteiger partial charge in [-0.15, -0.1) is 0 Å². The molecule has 0 bridgehead atoms. The number of carbonyl (C=O) groups excluding carboxylic acids is 1. The van der Waals surface area contributed by atoms with E-state index in [1.165, 1.54) is 5.57 Å². The third-order valence-electron chi connectivity index (χ3n) is 5.59. The zero-order chi connectivity index (χ0) is 20.2.